The first-order chi connectivity index (χ1) is 7.70. The molecule has 1 aromatic carbocycles. The normalized spacial score (nSPS) is 10.9. The van der Waals surface area contributed by atoms with Crippen LogP contribution in [0.1, 0.15) is 24.8 Å². The van der Waals surface area contributed by atoms with Crippen LogP contribution in [0.5, 0.6) is 5.75 Å². The molecule has 16 heavy (non-hydrogen) atoms. The number of aryl methyl sites for hydroxylation is 1. The molecule has 4 heteroatoms. The van der Waals surface area contributed by atoms with Gasteiger partial charge in [0.15, 0.2) is 0 Å². The molecule has 0 aliphatic heterocycles. The summed E-state index contributed by atoms with van der Waals surface area (Å²) >= 11 is 1.66. The largest absolute Gasteiger partial charge is 0.491 e. The van der Waals surface area contributed by atoms with Gasteiger partial charge in [-0.1, -0.05) is 13.3 Å². The number of unbranched alkanes of at least 4 members (excludes halogenated alkanes) is 1. The van der Waals surface area contributed by atoms with Crippen molar-refractivity contribution in [2.75, 3.05) is 12.3 Å². The third kappa shape index (κ3) is 2.27. The number of nitrogens with two attached hydrogens (primary N) is 1. The summed E-state index contributed by atoms with van der Waals surface area (Å²) in [5.41, 5.74) is 7.61. The van der Waals surface area contributed by atoms with E-state index in [2.05, 4.69) is 11.9 Å². The van der Waals surface area contributed by atoms with E-state index >= 15 is 0 Å². The van der Waals surface area contributed by atoms with Crippen molar-refractivity contribution in [1.82, 2.24) is 4.98 Å². The van der Waals surface area contributed by atoms with Crippen molar-refractivity contribution in [3.63, 3.8) is 0 Å². The average molecular weight is 236 g/mol. The smallest absolute Gasteiger partial charge is 0.144 e. The van der Waals surface area contributed by atoms with E-state index in [0.717, 1.165) is 40.4 Å². The summed E-state index contributed by atoms with van der Waals surface area (Å²) in [6.07, 6.45) is 2.17. The first-order valence-corrected chi connectivity index (χ1v) is 6.32. The zero-order chi connectivity index (χ0) is 11.5. The molecule has 3 nitrogen and oxygen atoms in total. The predicted molar refractivity (Wildman–Crippen MR) is 69.2 cm³/mol. The van der Waals surface area contributed by atoms with Crippen molar-refractivity contribution in [2.24, 2.45) is 0 Å². The molecule has 0 unspecified atom stereocenters. The summed E-state index contributed by atoms with van der Waals surface area (Å²) in [6.45, 7) is 4.85. The van der Waals surface area contributed by atoms with Crippen LogP contribution < -0.4 is 10.5 Å². The molecule has 0 aliphatic carbocycles. The standard InChI is InChI=1S/C12H16N2OS/c1-3-4-5-15-11-7-10-12(6-9(11)13)16-8(2)14-10/h6-7H,3-5,13H2,1-2H3. The maximum absolute atomic E-state index is 5.93. The molecule has 0 aliphatic rings. The molecular formula is C12H16N2OS. The molecule has 0 fully saturated rings. The number of benzene rings is 1. The van der Waals surface area contributed by atoms with Gasteiger partial charge in [-0.25, -0.2) is 4.98 Å². The van der Waals surface area contributed by atoms with Crippen LogP contribution in [-0.2, 0) is 0 Å². The van der Waals surface area contributed by atoms with E-state index in [0.29, 0.717) is 5.69 Å². The lowest BCUT2D eigenvalue weighted by Crippen LogP contribution is -1.99. The van der Waals surface area contributed by atoms with Crippen LogP contribution in [-0.4, -0.2) is 11.6 Å². The van der Waals surface area contributed by atoms with E-state index in [1.165, 1.54) is 0 Å². The lowest BCUT2D eigenvalue weighted by Gasteiger charge is -2.07. The molecule has 1 heterocycles. The summed E-state index contributed by atoms with van der Waals surface area (Å²) < 4.78 is 6.76. The minimum atomic E-state index is 0.701. The van der Waals surface area contributed by atoms with Gasteiger partial charge in [-0.15, -0.1) is 11.3 Å². The first kappa shape index (κ1) is 11.2. The van der Waals surface area contributed by atoms with E-state index in [1.54, 1.807) is 11.3 Å². The number of rotatable bonds is 4. The third-order valence-electron chi connectivity index (χ3n) is 2.38. The van der Waals surface area contributed by atoms with Crippen LogP contribution in [0.25, 0.3) is 10.2 Å². The number of anilines is 1. The number of fused-ring (bicyclic) bond motifs is 1. The number of nitrogen functional groups attached to an aromatic ring is 1. The molecule has 0 bridgehead atoms. The molecule has 0 spiro atoms. The van der Waals surface area contributed by atoms with E-state index in [4.69, 9.17) is 10.5 Å². The number of hydrogen-bond donors (Lipinski definition) is 1. The molecule has 2 aromatic rings. The number of hydrogen-bond acceptors (Lipinski definition) is 4. The van der Waals surface area contributed by atoms with Crippen LogP contribution >= 0.6 is 11.3 Å². The maximum atomic E-state index is 5.93. The van der Waals surface area contributed by atoms with Gasteiger partial charge in [0, 0.05) is 6.07 Å². The van der Waals surface area contributed by atoms with Crippen molar-refractivity contribution in [1.29, 1.82) is 0 Å². The van der Waals surface area contributed by atoms with Crippen molar-refractivity contribution in [3.05, 3.63) is 17.1 Å². The highest BCUT2D eigenvalue weighted by atomic mass is 32.1. The van der Waals surface area contributed by atoms with Gasteiger partial charge >= 0.3 is 0 Å². The van der Waals surface area contributed by atoms with Gasteiger partial charge in [-0.3, -0.25) is 0 Å². The van der Waals surface area contributed by atoms with E-state index < -0.39 is 0 Å². The lowest BCUT2D eigenvalue weighted by molar-refractivity contribution is 0.311. The van der Waals surface area contributed by atoms with Crippen molar-refractivity contribution in [2.45, 2.75) is 26.7 Å². The van der Waals surface area contributed by atoms with Crippen LogP contribution in [0.3, 0.4) is 0 Å². The van der Waals surface area contributed by atoms with E-state index in [9.17, 15) is 0 Å². The highest BCUT2D eigenvalue weighted by molar-refractivity contribution is 7.18. The Morgan fingerprint density at radius 2 is 2.25 bits per heavy atom. The summed E-state index contributed by atoms with van der Waals surface area (Å²) in [5.74, 6) is 0.756. The van der Waals surface area contributed by atoms with Crippen LogP contribution in [0, 0.1) is 6.92 Å². The Morgan fingerprint density at radius 3 is 3.00 bits per heavy atom. The van der Waals surface area contributed by atoms with Gasteiger partial charge in [0.05, 0.1) is 27.5 Å². The molecule has 0 saturated carbocycles. The second kappa shape index (κ2) is 4.70. The second-order valence-electron chi connectivity index (χ2n) is 3.79. The Morgan fingerprint density at radius 1 is 1.44 bits per heavy atom. The Kier molecular flexibility index (Phi) is 3.29. The van der Waals surface area contributed by atoms with Gasteiger partial charge in [-0.05, 0) is 19.4 Å². The van der Waals surface area contributed by atoms with Crippen molar-refractivity contribution < 1.29 is 4.74 Å². The fraction of sp³-hybridized carbons (Fsp3) is 0.417. The number of nitrogens with zero attached hydrogens (tertiary/aromatic N) is 1. The van der Waals surface area contributed by atoms with Crippen LogP contribution in [0.4, 0.5) is 5.69 Å². The molecular weight excluding hydrogens is 220 g/mol. The van der Waals surface area contributed by atoms with Crippen molar-refractivity contribution in [3.8, 4) is 5.75 Å². The molecule has 0 amide bonds. The molecule has 1 aromatic heterocycles. The summed E-state index contributed by atoms with van der Waals surface area (Å²) in [7, 11) is 0. The fourth-order valence-corrected chi connectivity index (χ4v) is 2.39. The van der Waals surface area contributed by atoms with Crippen LogP contribution in [0.15, 0.2) is 12.1 Å². The molecule has 0 saturated heterocycles. The first-order valence-electron chi connectivity index (χ1n) is 5.50. The third-order valence-corrected chi connectivity index (χ3v) is 3.32. The minimum absolute atomic E-state index is 0.701. The summed E-state index contributed by atoms with van der Waals surface area (Å²) in [6, 6.07) is 3.88. The van der Waals surface area contributed by atoms with Gasteiger partial charge < -0.3 is 10.5 Å². The highest BCUT2D eigenvalue weighted by Crippen LogP contribution is 2.31. The number of aromatic nitrogens is 1. The van der Waals surface area contributed by atoms with E-state index in [1.807, 2.05) is 19.1 Å². The quantitative estimate of drug-likeness (QED) is 0.654. The Labute approximate surface area is 99.3 Å². The minimum Gasteiger partial charge on any atom is -0.491 e. The summed E-state index contributed by atoms with van der Waals surface area (Å²) in [4.78, 5) is 4.43. The second-order valence-corrected chi connectivity index (χ2v) is 5.03. The lowest BCUT2D eigenvalue weighted by atomic mass is 10.2. The molecule has 2 rings (SSSR count). The topological polar surface area (TPSA) is 48.1 Å². The SMILES string of the molecule is CCCCOc1cc2nc(C)sc2cc1N. The van der Waals surface area contributed by atoms with Gasteiger partial charge in [0.1, 0.15) is 5.75 Å². The number of ether oxygens (including phenoxy) is 1. The average Bonchev–Trinajstić information content (AvgIpc) is 2.58. The predicted octanol–water partition coefficient (Wildman–Crippen LogP) is 3.37. The zero-order valence-electron chi connectivity index (χ0n) is 9.62. The zero-order valence-corrected chi connectivity index (χ0v) is 10.4. The molecule has 86 valence electrons. The fourth-order valence-electron chi connectivity index (χ4n) is 1.54. The van der Waals surface area contributed by atoms with Gasteiger partial charge in [-0.2, -0.15) is 0 Å². The monoisotopic (exact) mass is 236 g/mol. The highest BCUT2D eigenvalue weighted by Gasteiger charge is 2.06. The number of thiazole rings is 1. The van der Waals surface area contributed by atoms with Crippen LogP contribution in [0.2, 0.25) is 0 Å². The Bertz CT molecular complexity index is 493. The Hall–Kier alpha value is -1.29. The molecule has 0 radical (unpaired) electrons. The van der Waals surface area contributed by atoms with Crippen molar-refractivity contribution >= 4 is 27.2 Å². The molecule has 2 N–H and O–H groups in total. The Balaban J connectivity index is 2.27. The van der Waals surface area contributed by atoms with E-state index in [-0.39, 0.29) is 0 Å². The van der Waals surface area contributed by atoms with Gasteiger partial charge in [0.25, 0.3) is 0 Å². The maximum Gasteiger partial charge on any atom is 0.144 e. The molecule has 0 atom stereocenters. The summed E-state index contributed by atoms with van der Waals surface area (Å²) in [5, 5.41) is 1.06. The van der Waals surface area contributed by atoms with Gasteiger partial charge in [0.2, 0.25) is 0 Å².